The van der Waals surface area contributed by atoms with Crippen LogP contribution in [0.4, 0.5) is 5.95 Å². The van der Waals surface area contributed by atoms with E-state index in [0.29, 0.717) is 32.1 Å². The molecule has 0 saturated carbocycles. The molecule has 1 fully saturated rings. The summed E-state index contributed by atoms with van der Waals surface area (Å²) < 4.78 is 0. The average Bonchev–Trinajstić information content (AvgIpc) is 3.08. The summed E-state index contributed by atoms with van der Waals surface area (Å²) >= 11 is 0. The Balaban J connectivity index is 1.48. The smallest absolute Gasteiger partial charge is 0.261 e. The first-order chi connectivity index (χ1) is 11.7. The van der Waals surface area contributed by atoms with Gasteiger partial charge < -0.3 is 14.8 Å². The zero-order chi connectivity index (χ0) is 16.5. The number of carbonyl (C=O) groups excluding carboxylic acids is 1. The number of nitrogens with one attached hydrogen (secondary N) is 1. The molecule has 0 unspecified atom stereocenters. The van der Waals surface area contributed by atoms with Crippen molar-refractivity contribution in [2.75, 3.05) is 31.1 Å². The first kappa shape index (κ1) is 14.9. The van der Waals surface area contributed by atoms with Gasteiger partial charge in [-0.15, -0.1) is 0 Å². The predicted molar refractivity (Wildman–Crippen MR) is 89.2 cm³/mol. The summed E-state index contributed by atoms with van der Waals surface area (Å²) in [6, 6.07) is 3.57. The lowest BCUT2D eigenvalue weighted by Gasteiger charge is -2.34. The van der Waals surface area contributed by atoms with Gasteiger partial charge >= 0.3 is 0 Å². The van der Waals surface area contributed by atoms with Crippen LogP contribution in [0.2, 0.25) is 0 Å². The number of aromatic amines is 1. The third-order valence-corrected chi connectivity index (χ3v) is 4.72. The Morgan fingerprint density at radius 1 is 1.08 bits per heavy atom. The number of H-pyrrole nitrogens is 1. The Morgan fingerprint density at radius 3 is 2.58 bits per heavy atom. The molecule has 124 valence electrons. The lowest BCUT2D eigenvalue weighted by molar-refractivity contribution is 0.0744. The van der Waals surface area contributed by atoms with Crippen molar-refractivity contribution in [2.24, 2.45) is 0 Å². The quantitative estimate of drug-likeness (QED) is 0.875. The van der Waals surface area contributed by atoms with E-state index in [-0.39, 0.29) is 17.0 Å². The van der Waals surface area contributed by atoms with Gasteiger partial charge in [0.05, 0.1) is 0 Å². The monoisotopic (exact) mass is 325 g/mol. The van der Waals surface area contributed by atoms with Crippen LogP contribution in [-0.4, -0.2) is 51.9 Å². The van der Waals surface area contributed by atoms with E-state index < -0.39 is 0 Å². The molecule has 7 heteroatoms. The number of amides is 1. The lowest BCUT2D eigenvalue weighted by atomic mass is 10.1. The minimum Gasteiger partial charge on any atom is -0.337 e. The third-order valence-electron chi connectivity index (χ3n) is 4.72. The molecule has 1 amide bonds. The van der Waals surface area contributed by atoms with Crippen molar-refractivity contribution in [3.8, 4) is 0 Å². The fourth-order valence-corrected chi connectivity index (χ4v) is 3.41. The number of hydrogen-bond donors (Lipinski definition) is 1. The van der Waals surface area contributed by atoms with Gasteiger partial charge in [-0.2, -0.15) is 0 Å². The number of nitrogens with zero attached hydrogens (tertiary/aromatic N) is 4. The summed E-state index contributed by atoms with van der Waals surface area (Å²) in [6.07, 6.45) is 6.30. The van der Waals surface area contributed by atoms with Crippen LogP contribution in [0, 0.1) is 0 Å². The van der Waals surface area contributed by atoms with Gasteiger partial charge in [0.1, 0.15) is 5.56 Å². The van der Waals surface area contributed by atoms with Crippen LogP contribution in [-0.2, 0) is 12.8 Å². The van der Waals surface area contributed by atoms with E-state index in [1.54, 1.807) is 29.4 Å². The van der Waals surface area contributed by atoms with Crippen molar-refractivity contribution in [1.29, 1.82) is 0 Å². The van der Waals surface area contributed by atoms with E-state index in [1.807, 2.05) is 0 Å². The minimum atomic E-state index is -0.269. The normalized spacial score (nSPS) is 17.0. The molecule has 3 heterocycles. The molecule has 1 aliphatic carbocycles. The summed E-state index contributed by atoms with van der Waals surface area (Å²) in [7, 11) is 0. The molecule has 24 heavy (non-hydrogen) atoms. The number of piperazine rings is 1. The molecule has 4 rings (SSSR count). The Hall–Kier alpha value is -2.70. The Morgan fingerprint density at radius 2 is 1.83 bits per heavy atom. The van der Waals surface area contributed by atoms with Crippen molar-refractivity contribution in [3.63, 3.8) is 0 Å². The van der Waals surface area contributed by atoms with Crippen LogP contribution in [0.1, 0.15) is 28.0 Å². The topological polar surface area (TPSA) is 82.2 Å². The third kappa shape index (κ3) is 2.66. The minimum absolute atomic E-state index is 0.181. The van der Waals surface area contributed by atoms with E-state index in [1.165, 1.54) is 0 Å². The first-order valence-corrected chi connectivity index (χ1v) is 8.29. The molecule has 1 N–H and O–H groups in total. The van der Waals surface area contributed by atoms with Gasteiger partial charge in [-0.25, -0.2) is 9.97 Å². The molecular weight excluding hydrogens is 306 g/mol. The molecule has 0 radical (unpaired) electrons. The zero-order valence-corrected chi connectivity index (χ0v) is 13.4. The molecule has 0 bridgehead atoms. The highest BCUT2D eigenvalue weighted by atomic mass is 16.2. The van der Waals surface area contributed by atoms with E-state index in [0.717, 1.165) is 30.5 Å². The molecule has 2 aliphatic rings. The van der Waals surface area contributed by atoms with Crippen molar-refractivity contribution in [2.45, 2.75) is 19.3 Å². The van der Waals surface area contributed by atoms with Gasteiger partial charge in [0, 0.05) is 44.3 Å². The van der Waals surface area contributed by atoms with Gasteiger partial charge in [0.15, 0.2) is 0 Å². The average molecular weight is 325 g/mol. The number of hydrogen-bond acceptors (Lipinski definition) is 5. The van der Waals surface area contributed by atoms with Gasteiger partial charge in [-0.05, 0) is 37.0 Å². The van der Waals surface area contributed by atoms with Crippen molar-refractivity contribution < 1.29 is 4.79 Å². The Bertz CT molecular complexity index is 809. The van der Waals surface area contributed by atoms with Crippen LogP contribution in [0.15, 0.2) is 29.3 Å². The SMILES string of the molecule is O=C(c1cc2c([nH]c1=O)CCC2)N1CCN(c2ncccn2)CC1. The number of pyridine rings is 1. The summed E-state index contributed by atoms with van der Waals surface area (Å²) in [6.45, 7) is 2.46. The highest BCUT2D eigenvalue weighted by Crippen LogP contribution is 2.20. The first-order valence-electron chi connectivity index (χ1n) is 8.29. The van der Waals surface area contributed by atoms with Crippen LogP contribution >= 0.6 is 0 Å². The highest BCUT2D eigenvalue weighted by molar-refractivity contribution is 5.94. The van der Waals surface area contributed by atoms with Crippen molar-refractivity contribution in [1.82, 2.24) is 19.9 Å². The number of fused-ring (bicyclic) bond motifs is 1. The highest BCUT2D eigenvalue weighted by Gasteiger charge is 2.26. The second kappa shape index (κ2) is 6.07. The van der Waals surface area contributed by atoms with Crippen LogP contribution in [0.25, 0.3) is 0 Å². The summed E-state index contributed by atoms with van der Waals surface area (Å²) in [4.78, 5) is 40.1. The van der Waals surface area contributed by atoms with Gasteiger partial charge in [-0.1, -0.05) is 0 Å². The molecule has 0 aromatic carbocycles. The summed E-state index contributed by atoms with van der Waals surface area (Å²) in [5, 5.41) is 0. The molecule has 0 atom stereocenters. The van der Waals surface area contributed by atoms with Gasteiger partial charge in [0.25, 0.3) is 11.5 Å². The lowest BCUT2D eigenvalue weighted by Crippen LogP contribution is -2.50. The largest absolute Gasteiger partial charge is 0.337 e. The summed E-state index contributed by atoms with van der Waals surface area (Å²) in [5.74, 6) is 0.500. The molecular formula is C17H19N5O2. The standard InChI is InChI=1S/C17H19N5O2/c23-15-13(11-12-3-1-4-14(12)20-15)16(24)21-7-9-22(10-8-21)17-18-5-2-6-19-17/h2,5-6,11H,1,3-4,7-10H2,(H,20,23). The number of aromatic nitrogens is 3. The fourth-order valence-electron chi connectivity index (χ4n) is 3.41. The second-order valence-corrected chi connectivity index (χ2v) is 6.20. The molecule has 2 aromatic rings. The Kier molecular flexibility index (Phi) is 3.76. The molecule has 0 spiro atoms. The van der Waals surface area contributed by atoms with Gasteiger partial charge in [0.2, 0.25) is 5.95 Å². The van der Waals surface area contributed by atoms with Crippen LogP contribution in [0.3, 0.4) is 0 Å². The number of aryl methyl sites for hydroxylation is 2. The predicted octanol–water partition coefficient (Wildman–Crippen LogP) is 0.616. The number of carbonyl (C=O) groups is 1. The van der Waals surface area contributed by atoms with Crippen molar-refractivity contribution in [3.05, 3.63) is 51.7 Å². The van der Waals surface area contributed by atoms with Crippen molar-refractivity contribution >= 4 is 11.9 Å². The maximum absolute atomic E-state index is 12.7. The molecule has 1 aliphatic heterocycles. The molecule has 2 aromatic heterocycles. The number of anilines is 1. The van der Waals surface area contributed by atoms with E-state index in [2.05, 4.69) is 19.9 Å². The molecule has 1 saturated heterocycles. The van der Waals surface area contributed by atoms with E-state index in [9.17, 15) is 9.59 Å². The van der Waals surface area contributed by atoms with E-state index >= 15 is 0 Å². The van der Waals surface area contributed by atoms with Crippen LogP contribution in [0.5, 0.6) is 0 Å². The Labute approximate surface area is 139 Å². The second-order valence-electron chi connectivity index (χ2n) is 6.20. The maximum atomic E-state index is 12.7. The maximum Gasteiger partial charge on any atom is 0.261 e. The van der Waals surface area contributed by atoms with Crippen LogP contribution < -0.4 is 10.5 Å². The number of rotatable bonds is 2. The van der Waals surface area contributed by atoms with E-state index in [4.69, 9.17) is 0 Å². The fraction of sp³-hybridized carbons (Fsp3) is 0.412. The molecule has 7 nitrogen and oxygen atoms in total. The summed E-state index contributed by atoms with van der Waals surface area (Å²) in [5.41, 5.74) is 2.09. The zero-order valence-electron chi connectivity index (χ0n) is 13.4. The van der Waals surface area contributed by atoms with Gasteiger partial charge in [-0.3, -0.25) is 9.59 Å².